The van der Waals surface area contributed by atoms with Crippen LogP contribution in [-0.2, 0) is 23.9 Å². The van der Waals surface area contributed by atoms with Crippen molar-refractivity contribution in [3.63, 3.8) is 0 Å². The normalized spacial score (nSPS) is 13.6. The molecule has 6 heteroatoms. The fourth-order valence-electron chi connectivity index (χ4n) is 3.71. The Bertz CT molecular complexity index is 1020. The molecule has 2 aromatic carbocycles. The topological polar surface area (TPSA) is 86.7 Å². The van der Waals surface area contributed by atoms with Gasteiger partial charge in [-0.15, -0.1) is 0 Å². The molecule has 0 spiro atoms. The number of benzene rings is 2. The molecule has 1 aliphatic rings. The monoisotopic (exact) mass is 478 g/mol. The van der Waals surface area contributed by atoms with Gasteiger partial charge in [-0.25, -0.2) is 9.59 Å². The highest BCUT2D eigenvalue weighted by Crippen LogP contribution is 2.30. The van der Waals surface area contributed by atoms with Crippen molar-refractivity contribution in [2.75, 3.05) is 6.61 Å². The maximum absolute atomic E-state index is 12.3. The van der Waals surface area contributed by atoms with Crippen molar-refractivity contribution >= 4 is 29.3 Å². The first-order valence-corrected chi connectivity index (χ1v) is 12.2. The second-order valence-electron chi connectivity index (χ2n) is 8.18. The van der Waals surface area contributed by atoms with Gasteiger partial charge in [-0.1, -0.05) is 93.8 Å². The minimum Gasteiger partial charge on any atom is -0.465 e. The summed E-state index contributed by atoms with van der Waals surface area (Å²) in [7, 11) is 0. The molecule has 0 amide bonds. The lowest BCUT2D eigenvalue weighted by molar-refractivity contribution is -0.150. The van der Waals surface area contributed by atoms with E-state index >= 15 is 0 Å². The van der Waals surface area contributed by atoms with E-state index in [1.54, 1.807) is 31.2 Å². The summed E-state index contributed by atoms with van der Waals surface area (Å²) in [5.74, 6) is -2.20. The minimum atomic E-state index is -0.660. The first-order chi connectivity index (χ1) is 16.9. The number of ketones is 1. The molecule has 0 fully saturated rings. The number of ether oxygens (including phenoxy) is 2. The molecule has 0 radical (unpaired) electrons. The Hall–Kier alpha value is -3.54. The summed E-state index contributed by atoms with van der Waals surface area (Å²) in [5.41, 5.74) is 2.29. The molecule has 3 rings (SSSR count). The van der Waals surface area contributed by atoms with Gasteiger partial charge < -0.3 is 9.47 Å². The first-order valence-electron chi connectivity index (χ1n) is 12.2. The fourth-order valence-corrected chi connectivity index (χ4v) is 3.71. The highest BCUT2D eigenvalue weighted by molar-refractivity contribution is 6.30. The molecule has 6 nitrogen and oxygen atoms in total. The average molecular weight is 479 g/mol. The number of Topliss-reactive ketones (excluding diaryl/α,β-unsaturated/α-hetero) is 1. The predicted octanol–water partition coefficient (Wildman–Crippen LogP) is 5.95. The van der Waals surface area contributed by atoms with E-state index in [9.17, 15) is 19.2 Å². The lowest BCUT2D eigenvalue weighted by atomic mass is 9.93. The van der Waals surface area contributed by atoms with Crippen LogP contribution in [-0.4, -0.2) is 30.3 Å². The lowest BCUT2D eigenvalue weighted by Gasteiger charge is -2.14. The standard InChI is InChI=1S/C15H20O3.C14H14O3/c1-3-5-11-13(15(17)18-4-2)14(16)12-9-7-6-8-10-12;1-2-3-9-11-12(14(16)17-13(11)15)10-7-5-4-6-8-10/h6-10,13H,3-5,11H2,1-2H3;4-8H,2-3,9H2,1H3. The number of hydrogen-bond acceptors (Lipinski definition) is 6. The summed E-state index contributed by atoms with van der Waals surface area (Å²) in [6, 6.07) is 18.1. The van der Waals surface area contributed by atoms with Crippen LogP contribution in [0.15, 0.2) is 66.2 Å². The molecule has 1 unspecified atom stereocenters. The molecule has 0 N–H and O–H groups in total. The zero-order chi connectivity index (χ0) is 25.6. The molecule has 2 aromatic rings. The SMILES string of the molecule is CCCCC(C(=O)OCC)C(=O)c1ccccc1.CCCCC1=C(c2ccccc2)C(=O)OC1=O. The highest BCUT2D eigenvalue weighted by atomic mass is 16.6. The van der Waals surface area contributed by atoms with Gasteiger partial charge in [-0.05, 0) is 31.7 Å². The van der Waals surface area contributed by atoms with Crippen molar-refractivity contribution in [2.24, 2.45) is 5.92 Å². The third-order valence-corrected chi connectivity index (χ3v) is 5.57. The van der Waals surface area contributed by atoms with Crippen LogP contribution in [0.25, 0.3) is 5.57 Å². The van der Waals surface area contributed by atoms with Crippen LogP contribution in [0.5, 0.6) is 0 Å². The summed E-state index contributed by atoms with van der Waals surface area (Å²) in [6.07, 6.45) is 4.83. The maximum Gasteiger partial charge on any atom is 0.347 e. The molecule has 1 heterocycles. The molecule has 186 valence electrons. The molecule has 35 heavy (non-hydrogen) atoms. The van der Waals surface area contributed by atoms with Gasteiger partial charge >= 0.3 is 17.9 Å². The zero-order valence-corrected chi connectivity index (χ0v) is 20.8. The molecule has 1 atom stereocenters. The van der Waals surface area contributed by atoms with Crippen LogP contribution >= 0.6 is 0 Å². The molecule has 0 saturated carbocycles. The summed E-state index contributed by atoms with van der Waals surface area (Å²) in [5, 5.41) is 0. The van der Waals surface area contributed by atoms with Crippen molar-refractivity contribution in [1.82, 2.24) is 0 Å². The molecular weight excluding hydrogens is 444 g/mol. The Labute approximate surface area is 207 Å². The fraction of sp³-hybridized carbons (Fsp3) is 0.379. The van der Waals surface area contributed by atoms with E-state index in [1.807, 2.05) is 50.2 Å². The molecule has 0 aliphatic carbocycles. The van der Waals surface area contributed by atoms with Gasteiger partial charge in [-0.3, -0.25) is 9.59 Å². The second-order valence-corrected chi connectivity index (χ2v) is 8.18. The van der Waals surface area contributed by atoms with Gasteiger partial charge in [0.05, 0.1) is 17.8 Å². The molecule has 0 aromatic heterocycles. The molecule has 1 aliphatic heterocycles. The summed E-state index contributed by atoms with van der Waals surface area (Å²) >= 11 is 0. The molecule has 0 saturated heterocycles. The van der Waals surface area contributed by atoms with Gasteiger partial charge in [0.25, 0.3) is 0 Å². The number of rotatable bonds is 11. The number of cyclic esters (lactones) is 2. The number of esters is 3. The van der Waals surface area contributed by atoms with Crippen molar-refractivity contribution in [2.45, 2.75) is 59.3 Å². The number of carbonyl (C=O) groups is 4. The minimum absolute atomic E-state index is 0.137. The Morgan fingerprint density at radius 3 is 2.00 bits per heavy atom. The van der Waals surface area contributed by atoms with E-state index in [1.165, 1.54) is 0 Å². The average Bonchev–Trinajstić information content (AvgIpc) is 3.16. The summed E-state index contributed by atoms with van der Waals surface area (Å²) in [6.45, 7) is 6.14. The van der Waals surface area contributed by atoms with Crippen molar-refractivity contribution < 1.29 is 28.7 Å². The van der Waals surface area contributed by atoms with Crippen LogP contribution in [0.3, 0.4) is 0 Å². The summed E-state index contributed by atoms with van der Waals surface area (Å²) < 4.78 is 9.67. The number of carbonyl (C=O) groups excluding carboxylic acids is 4. The van der Waals surface area contributed by atoms with Crippen molar-refractivity contribution in [3.8, 4) is 0 Å². The lowest BCUT2D eigenvalue weighted by Crippen LogP contribution is -2.26. The van der Waals surface area contributed by atoms with Crippen molar-refractivity contribution in [3.05, 3.63) is 77.4 Å². The van der Waals surface area contributed by atoms with Crippen molar-refractivity contribution in [1.29, 1.82) is 0 Å². The smallest absolute Gasteiger partial charge is 0.347 e. The van der Waals surface area contributed by atoms with Gasteiger partial charge in [-0.2, -0.15) is 0 Å². The van der Waals surface area contributed by atoms with Crippen LogP contribution < -0.4 is 0 Å². The quantitative estimate of drug-likeness (QED) is 0.225. The molecular formula is C29H34O6. The van der Waals surface area contributed by atoms with Crippen LogP contribution in [0.4, 0.5) is 0 Å². The molecule has 0 bridgehead atoms. The van der Waals surface area contributed by atoms with Crippen LogP contribution in [0.1, 0.15) is 75.2 Å². The van der Waals surface area contributed by atoms with E-state index < -0.39 is 23.8 Å². The van der Waals surface area contributed by atoms with Gasteiger partial charge in [0.2, 0.25) is 0 Å². The number of unbranched alkanes of at least 4 members (excludes halogenated alkanes) is 2. The summed E-state index contributed by atoms with van der Waals surface area (Å²) in [4.78, 5) is 47.3. The highest BCUT2D eigenvalue weighted by Gasteiger charge is 2.33. The van der Waals surface area contributed by atoms with Gasteiger partial charge in [0, 0.05) is 5.56 Å². The second kappa shape index (κ2) is 14.7. The van der Waals surface area contributed by atoms with Gasteiger partial charge in [0.15, 0.2) is 5.78 Å². The third kappa shape index (κ3) is 8.02. The first kappa shape index (κ1) is 27.7. The van der Waals surface area contributed by atoms with Gasteiger partial charge in [0.1, 0.15) is 5.92 Å². The van der Waals surface area contributed by atoms with E-state index in [0.29, 0.717) is 36.2 Å². The predicted molar refractivity (Wildman–Crippen MR) is 134 cm³/mol. The number of hydrogen-bond donors (Lipinski definition) is 0. The largest absolute Gasteiger partial charge is 0.465 e. The Kier molecular flexibility index (Phi) is 11.6. The van der Waals surface area contributed by atoms with Crippen LogP contribution in [0.2, 0.25) is 0 Å². The third-order valence-electron chi connectivity index (χ3n) is 5.57. The Morgan fingerprint density at radius 2 is 1.43 bits per heavy atom. The van der Waals surface area contributed by atoms with E-state index in [4.69, 9.17) is 4.74 Å². The Balaban J connectivity index is 0.000000247. The van der Waals surface area contributed by atoms with E-state index in [0.717, 1.165) is 31.2 Å². The Morgan fingerprint density at radius 1 is 0.829 bits per heavy atom. The van der Waals surface area contributed by atoms with Crippen LogP contribution in [0, 0.1) is 5.92 Å². The van der Waals surface area contributed by atoms with E-state index in [-0.39, 0.29) is 5.78 Å². The maximum atomic E-state index is 12.3. The zero-order valence-electron chi connectivity index (χ0n) is 20.8. The van der Waals surface area contributed by atoms with E-state index in [2.05, 4.69) is 4.74 Å².